The number of aromatic nitrogens is 1. The maximum absolute atomic E-state index is 12.5. The van der Waals surface area contributed by atoms with E-state index < -0.39 is 18.0 Å². The summed E-state index contributed by atoms with van der Waals surface area (Å²) in [7, 11) is 3.09. The fraction of sp³-hybridized carbons (Fsp3) is 0.174. The standard InChI is InChI=1S/C23H22N2O5/c1-15(23(27)25-20-8-4-7-19-18(20)6-5-13-24-19)30-22(26)12-10-16-9-11-17(28-2)14-21(16)29-3/h4-15H,1-3H3,(H,25,27)/b12-10+. The van der Waals surface area contributed by atoms with E-state index in [-0.39, 0.29) is 0 Å². The molecule has 1 heterocycles. The number of carbonyl (C=O) groups is 2. The van der Waals surface area contributed by atoms with E-state index in [4.69, 9.17) is 14.2 Å². The number of anilines is 1. The van der Waals surface area contributed by atoms with Gasteiger partial charge in [-0.3, -0.25) is 9.78 Å². The summed E-state index contributed by atoms with van der Waals surface area (Å²) in [4.78, 5) is 28.9. The van der Waals surface area contributed by atoms with Crippen molar-refractivity contribution in [2.24, 2.45) is 0 Å². The van der Waals surface area contributed by atoms with Crippen LogP contribution >= 0.6 is 0 Å². The zero-order valence-corrected chi connectivity index (χ0v) is 16.9. The number of hydrogen-bond donors (Lipinski definition) is 1. The number of nitrogens with zero attached hydrogens (tertiary/aromatic N) is 1. The number of methoxy groups -OCH3 is 2. The highest BCUT2D eigenvalue weighted by molar-refractivity contribution is 6.03. The number of hydrogen-bond acceptors (Lipinski definition) is 6. The number of nitrogens with one attached hydrogen (secondary N) is 1. The average Bonchev–Trinajstić information content (AvgIpc) is 2.77. The lowest BCUT2D eigenvalue weighted by Crippen LogP contribution is -2.29. The van der Waals surface area contributed by atoms with Crippen molar-refractivity contribution in [3.63, 3.8) is 0 Å². The van der Waals surface area contributed by atoms with Gasteiger partial charge in [0.2, 0.25) is 0 Å². The van der Waals surface area contributed by atoms with Crippen LogP contribution in [0.25, 0.3) is 17.0 Å². The van der Waals surface area contributed by atoms with Crippen LogP contribution in [0.5, 0.6) is 11.5 Å². The Morgan fingerprint density at radius 2 is 1.90 bits per heavy atom. The van der Waals surface area contributed by atoms with Crippen LogP contribution in [0.3, 0.4) is 0 Å². The predicted molar refractivity (Wildman–Crippen MR) is 115 cm³/mol. The monoisotopic (exact) mass is 406 g/mol. The molecule has 1 N–H and O–H groups in total. The molecule has 1 atom stereocenters. The first-order chi connectivity index (χ1) is 14.5. The summed E-state index contributed by atoms with van der Waals surface area (Å²) in [6.07, 6.45) is 3.51. The van der Waals surface area contributed by atoms with Gasteiger partial charge < -0.3 is 19.5 Å². The topological polar surface area (TPSA) is 86.8 Å². The van der Waals surface area contributed by atoms with Crippen LogP contribution in [-0.4, -0.2) is 37.2 Å². The van der Waals surface area contributed by atoms with Crippen LogP contribution in [0.1, 0.15) is 12.5 Å². The van der Waals surface area contributed by atoms with Crippen LogP contribution in [-0.2, 0) is 14.3 Å². The minimum atomic E-state index is -0.980. The van der Waals surface area contributed by atoms with Crippen molar-refractivity contribution in [1.29, 1.82) is 0 Å². The number of carbonyl (C=O) groups excluding carboxylic acids is 2. The van der Waals surface area contributed by atoms with Gasteiger partial charge in [0.15, 0.2) is 6.10 Å². The number of benzene rings is 2. The van der Waals surface area contributed by atoms with E-state index in [9.17, 15) is 9.59 Å². The maximum atomic E-state index is 12.5. The van der Waals surface area contributed by atoms with Gasteiger partial charge >= 0.3 is 5.97 Å². The van der Waals surface area contributed by atoms with Gasteiger partial charge in [-0.1, -0.05) is 6.07 Å². The second-order valence-corrected chi connectivity index (χ2v) is 6.39. The highest BCUT2D eigenvalue weighted by Gasteiger charge is 2.17. The molecule has 0 bridgehead atoms. The van der Waals surface area contributed by atoms with E-state index in [1.807, 2.05) is 12.1 Å². The Labute approximate surface area is 174 Å². The third kappa shape index (κ3) is 4.94. The Morgan fingerprint density at radius 3 is 2.67 bits per heavy atom. The molecule has 0 aliphatic rings. The van der Waals surface area contributed by atoms with Crippen LogP contribution in [0.4, 0.5) is 5.69 Å². The molecule has 7 nitrogen and oxygen atoms in total. The summed E-state index contributed by atoms with van der Waals surface area (Å²) < 4.78 is 15.7. The van der Waals surface area contributed by atoms with Gasteiger partial charge in [-0.15, -0.1) is 0 Å². The molecule has 0 aliphatic heterocycles. The molecule has 0 spiro atoms. The molecular formula is C23H22N2O5. The van der Waals surface area contributed by atoms with Crippen molar-refractivity contribution < 1.29 is 23.8 Å². The van der Waals surface area contributed by atoms with Crippen molar-refractivity contribution in [2.75, 3.05) is 19.5 Å². The molecule has 0 fully saturated rings. The fourth-order valence-electron chi connectivity index (χ4n) is 2.83. The zero-order chi connectivity index (χ0) is 21.5. The number of fused-ring (bicyclic) bond motifs is 1. The molecule has 0 radical (unpaired) electrons. The van der Waals surface area contributed by atoms with Crippen LogP contribution in [0.15, 0.2) is 60.8 Å². The molecule has 0 aliphatic carbocycles. The Bertz CT molecular complexity index is 1090. The molecular weight excluding hydrogens is 384 g/mol. The first-order valence-electron chi connectivity index (χ1n) is 9.27. The fourth-order valence-corrected chi connectivity index (χ4v) is 2.83. The summed E-state index contributed by atoms with van der Waals surface area (Å²) in [6.45, 7) is 1.51. The Kier molecular flexibility index (Phi) is 6.64. The third-order valence-electron chi connectivity index (χ3n) is 4.41. The van der Waals surface area contributed by atoms with Crippen LogP contribution < -0.4 is 14.8 Å². The van der Waals surface area contributed by atoms with Gasteiger partial charge in [-0.05, 0) is 49.4 Å². The predicted octanol–water partition coefficient (Wildman–Crippen LogP) is 3.84. The first-order valence-corrected chi connectivity index (χ1v) is 9.27. The lowest BCUT2D eigenvalue weighted by Gasteiger charge is -2.13. The molecule has 3 rings (SSSR count). The van der Waals surface area contributed by atoms with Crippen molar-refractivity contribution in [3.8, 4) is 11.5 Å². The SMILES string of the molecule is COc1ccc(/C=C/C(=O)OC(C)C(=O)Nc2cccc3ncccc23)c(OC)c1. The molecule has 0 saturated carbocycles. The van der Waals surface area contributed by atoms with Crippen molar-refractivity contribution in [1.82, 2.24) is 4.98 Å². The lowest BCUT2D eigenvalue weighted by atomic mass is 10.1. The van der Waals surface area contributed by atoms with Gasteiger partial charge in [-0.2, -0.15) is 0 Å². The molecule has 1 aromatic heterocycles. The molecule has 30 heavy (non-hydrogen) atoms. The number of esters is 1. The molecule has 154 valence electrons. The molecule has 7 heteroatoms. The summed E-state index contributed by atoms with van der Waals surface area (Å²) in [6, 6.07) is 14.3. The average molecular weight is 406 g/mol. The number of ether oxygens (including phenoxy) is 3. The Balaban J connectivity index is 1.64. The summed E-state index contributed by atoms with van der Waals surface area (Å²) in [5.41, 5.74) is 2.04. The zero-order valence-electron chi connectivity index (χ0n) is 16.9. The Morgan fingerprint density at radius 1 is 1.07 bits per heavy atom. The van der Waals surface area contributed by atoms with E-state index in [1.165, 1.54) is 20.1 Å². The molecule has 3 aromatic rings. The van der Waals surface area contributed by atoms with Crippen molar-refractivity contribution in [3.05, 3.63) is 66.4 Å². The van der Waals surface area contributed by atoms with E-state index in [0.717, 1.165) is 10.9 Å². The van der Waals surface area contributed by atoms with E-state index in [2.05, 4.69) is 10.3 Å². The summed E-state index contributed by atoms with van der Waals surface area (Å²) >= 11 is 0. The molecule has 1 unspecified atom stereocenters. The summed E-state index contributed by atoms with van der Waals surface area (Å²) in [5.74, 6) is 0.111. The molecule has 0 saturated heterocycles. The normalized spacial score (nSPS) is 11.8. The van der Waals surface area contributed by atoms with Gasteiger partial charge in [0.1, 0.15) is 11.5 Å². The second kappa shape index (κ2) is 9.56. The first kappa shape index (κ1) is 20.9. The number of pyridine rings is 1. The minimum absolute atomic E-state index is 0.435. The Hall–Kier alpha value is -3.87. The van der Waals surface area contributed by atoms with Crippen molar-refractivity contribution in [2.45, 2.75) is 13.0 Å². The molecule has 1 amide bonds. The third-order valence-corrected chi connectivity index (χ3v) is 4.41. The van der Waals surface area contributed by atoms with Crippen LogP contribution in [0.2, 0.25) is 0 Å². The van der Waals surface area contributed by atoms with Gasteiger partial charge in [-0.25, -0.2) is 4.79 Å². The van der Waals surface area contributed by atoms with E-state index >= 15 is 0 Å². The summed E-state index contributed by atoms with van der Waals surface area (Å²) in [5, 5.41) is 3.58. The number of rotatable bonds is 7. The highest BCUT2D eigenvalue weighted by atomic mass is 16.5. The smallest absolute Gasteiger partial charge is 0.331 e. The van der Waals surface area contributed by atoms with Gasteiger partial charge in [0.25, 0.3) is 5.91 Å². The van der Waals surface area contributed by atoms with Crippen LogP contribution in [0, 0.1) is 0 Å². The van der Waals surface area contributed by atoms with E-state index in [0.29, 0.717) is 22.7 Å². The number of amides is 1. The maximum Gasteiger partial charge on any atom is 0.331 e. The highest BCUT2D eigenvalue weighted by Crippen LogP contribution is 2.25. The van der Waals surface area contributed by atoms with Gasteiger partial charge in [0, 0.05) is 29.3 Å². The van der Waals surface area contributed by atoms with E-state index in [1.54, 1.807) is 55.8 Å². The quantitative estimate of drug-likeness (QED) is 0.474. The van der Waals surface area contributed by atoms with Crippen molar-refractivity contribution >= 4 is 34.5 Å². The van der Waals surface area contributed by atoms with Gasteiger partial charge in [0.05, 0.1) is 25.4 Å². The lowest BCUT2D eigenvalue weighted by molar-refractivity contribution is -0.148. The minimum Gasteiger partial charge on any atom is -0.497 e. The second-order valence-electron chi connectivity index (χ2n) is 6.39. The largest absolute Gasteiger partial charge is 0.497 e. The molecule has 2 aromatic carbocycles.